The second-order valence-corrected chi connectivity index (χ2v) is 11.8. The molecule has 0 atom stereocenters. The van der Waals surface area contributed by atoms with Gasteiger partial charge in [0.15, 0.2) is 0 Å². The van der Waals surface area contributed by atoms with E-state index in [-0.39, 0.29) is 0 Å². The Kier molecular flexibility index (Phi) is 6.17. The average molecular weight is 585 g/mol. The van der Waals surface area contributed by atoms with Crippen LogP contribution < -0.4 is 0 Å². The van der Waals surface area contributed by atoms with Gasteiger partial charge in [0.05, 0.1) is 11.2 Å². The fourth-order valence-corrected chi connectivity index (χ4v) is 6.94. The minimum atomic E-state index is 0.979. The molecule has 0 unspecified atom stereocenters. The van der Waals surface area contributed by atoms with Crippen molar-refractivity contribution in [1.29, 1.82) is 0 Å². The molecule has 2 nitrogen and oxygen atoms in total. The molecule has 0 amide bonds. The number of hydrogen-bond acceptors (Lipinski definition) is 2. The fraction of sp³-hybridized carbons (Fsp3) is 0. The van der Waals surface area contributed by atoms with E-state index >= 15 is 0 Å². The van der Waals surface area contributed by atoms with Crippen molar-refractivity contribution in [3.05, 3.63) is 170 Å². The summed E-state index contributed by atoms with van der Waals surface area (Å²) in [5.41, 5.74) is 10.2. The Hall–Kier alpha value is -6.12. The Balaban J connectivity index is 1.20. The normalized spacial score (nSPS) is 11.5. The predicted octanol–water partition coefficient (Wildman–Crippen LogP) is 11.8. The lowest BCUT2D eigenvalue weighted by Gasteiger charge is -2.15. The first-order valence-electron chi connectivity index (χ1n) is 15.7. The second-order valence-electron chi connectivity index (χ2n) is 11.8. The van der Waals surface area contributed by atoms with Crippen LogP contribution in [0.2, 0.25) is 0 Å². The molecule has 0 spiro atoms. The first-order chi connectivity index (χ1) is 22.8. The molecule has 9 rings (SSSR count). The molecule has 2 aromatic heterocycles. The van der Waals surface area contributed by atoms with Crippen LogP contribution in [0.25, 0.3) is 87.9 Å². The third-order valence-electron chi connectivity index (χ3n) is 9.16. The van der Waals surface area contributed by atoms with Crippen LogP contribution in [0.4, 0.5) is 0 Å². The van der Waals surface area contributed by atoms with Gasteiger partial charge in [-0.25, -0.2) is 4.98 Å². The number of aromatic nitrogens is 2. The molecular weight excluding hydrogens is 556 g/mol. The first kappa shape index (κ1) is 26.3. The zero-order valence-corrected chi connectivity index (χ0v) is 25.1. The Morgan fingerprint density at radius 3 is 1.74 bits per heavy atom. The smallest absolute Gasteiger partial charge is 0.0722 e. The standard InChI is InChI=1S/C44H28N2/c1-2-11-32(12-3-1)43-26-40(44-36-15-7-4-10-29(36)22-25-42(44)46-43)31-20-18-30(19-21-31)35-23-24-39(38-17-9-8-16-37(35)38)41-28-45-27-33-13-5-6-14-34(33)41/h1-28H. The Morgan fingerprint density at radius 2 is 0.957 bits per heavy atom. The van der Waals surface area contributed by atoms with Crippen molar-refractivity contribution in [2.75, 3.05) is 0 Å². The fourth-order valence-electron chi connectivity index (χ4n) is 6.94. The maximum Gasteiger partial charge on any atom is 0.0722 e. The van der Waals surface area contributed by atoms with Crippen LogP contribution in [0.5, 0.6) is 0 Å². The number of fused-ring (bicyclic) bond motifs is 5. The van der Waals surface area contributed by atoms with E-state index in [1.807, 2.05) is 18.5 Å². The summed E-state index contributed by atoms with van der Waals surface area (Å²) in [6, 6.07) is 56.4. The molecule has 0 aliphatic carbocycles. The molecule has 0 bridgehead atoms. The molecule has 0 radical (unpaired) electrons. The molecule has 0 aliphatic rings. The molecule has 0 saturated carbocycles. The van der Waals surface area contributed by atoms with Crippen LogP contribution in [0.3, 0.4) is 0 Å². The minimum Gasteiger partial charge on any atom is -0.263 e. The monoisotopic (exact) mass is 584 g/mol. The lowest BCUT2D eigenvalue weighted by molar-refractivity contribution is 1.36. The quantitative estimate of drug-likeness (QED) is 0.192. The molecule has 7 aromatic carbocycles. The third-order valence-corrected chi connectivity index (χ3v) is 9.16. The van der Waals surface area contributed by atoms with Crippen molar-refractivity contribution < 1.29 is 0 Å². The second kappa shape index (κ2) is 10.8. The van der Waals surface area contributed by atoms with Gasteiger partial charge in [-0.05, 0) is 66.9 Å². The molecule has 0 saturated heterocycles. The van der Waals surface area contributed by atoms with Gasteiger partial charge in [0.25, 0.3) is 0 Å². The van der Waals surface area contributed by atoms with E-state index < -0.39 is 0 Å². The summed E-state index contributed by atoms with van der Waals surface area (Å²) in [7, 11) is 0. The van der Waals surface area contributed by atoms with Gasteiger partial charge in [0.2, 0.25) is 0 Å². The Morgan fingerprint density at radius 1 is 0.348 bits per heavy atom. The topological polar surface area (TPSA) is 25.8 Å². The highest BCUT2D eigenvalue weighted by molar-refractivity contribution is 6.14. The zero-order valence-electron chi connectivity index (χ0n) is 25.1. The van der Waals surface area contributed by atoms with Crippen molar-refractivity contribution >= 4 is 43.2 Å². The summed E-state index contributed by atoms with van der Waals surface area (Å²) in [5, 5.41) is 8.44. The van der Waals surface area contributed by atoms with E-state index in [1.54, 1.807) is 0 Å². The number of nitrogens with zero attached hydrogens (tertiary/aromatic N) is 2. The van der Waals surface area contributed by atoms with Crippen LogP contribution in [-0.4, -0.2) is 9.97 Å². The molecule has 214 valence electrons. The highest BCUT2D eigenvalue weighted by atomic mass is 14.7. The van der Waals surface area contributed by atoms with Gasteiger partial charge in [-0.1, -0.05) is 146 Å². The summed E-state index contributed by atoms with van der Waals surface area (Å²) in [6.07, 6.45) is 3.93. The maximum absolute atomic E-state index is 5.13. The van der Waals surface area contributed by atoms with Crippen LogP contribution in [-0.2, 0) is 0 Å². The van der Waals surface area contributed by atoms with Crippen molar-refractivity contribution in [2.24, 2.45) is 0 Å². The van der Waals surface area contributed by atoms with Gasteiger partial charge in [-0.3, -0.25) is 4.98 Å². The van der Waals surface area contributed by atoms with E-state index in [4.69, 9.17) is 4.98 Å². The zero-order chi connectivity index (χ0) is 30.5. The number of hydrogen-bond donors (Lipinski definition) is 0. The maximum atomic E-state index is 5.13. The lowest BCUT2D eigenvalue weighted by Crippen LogP contribution is -1.92. The van der Waals surface area contributed by atoms with Crippen LogP contribution >= 0.6 is 0 Å². The molecule has 0 aliphatic heterocycles. The van der Waals surface area contributed by atoms with Gasteiger partial charge in [0, 0.05) is 34.3 Å². The Bertz CT molecular complexity index is 2560. The summed E-state index contributed by atoms with van der Waals surface area (Å²) in [6.45, 7) is 0. The van der Waals surface area contributed by atoms with Crippen molar-refractivity contribution in [3.8, 4) is 44.6 Å². The molecule has 9 aromatic rings. The van der Waals surface area contributed by atoms with E-state index in [9.17, 15) is 0 Å². The van der Waals surface area contributed by atoms with E-state index in [2.05, 4.69) is 157 Å². The highest BCUT2D eigenvalue weighted by Crippen LogP contribution is 2.40. The van der Waals surface area contributed by atoms with Crippen molar-refractivity contribution in [1.82, 2.24) is 9.97 Å². The minimum absolute atomic E-state index is 0.979. The predicted molar refractivity (Wildman–Crippen MR) is 194 cm³/mol. The molecule has 0 fully saturated rings. The van der Waals surface area contributed by atoms with Crippen molar-refractivity contribution in [2.45, 2.75) is 0 Å². The van der Waals surface area contributed by atoms with Gasteiger partial charge in [-0.15, -0.1) is 0 Å². The van der Waals surface area contributed by atoms with Crippen molar-refractivity contribution in [3.63, 3.8) is 0 Å². The lowest BCUT2D eigenvalue weighted by atomic mass is 9.90. The summed E-state index contributed by atoms with van der Waals surface area (Å²) >= 11 is 0. The van der Waals surface area contributed by atoms with Gasteiger partial charge < -0.3 is 0 Å². The van der Waals surface area contributed by atoms with Gasteiger partial charge in [-0.2, -0.15) is 0 Å². The highest BCUT2D eigenvalue weighted by Gasteiger charge is 2.15. The molecule has 2 heterocycles. The largest absolute Gasteiger partial charge is 0.263 e. The van der Waals surface area contributed by atoms with E-state index in [1.165, 1.54) is 60.1 Å². The molecule has 46 heavy (non-hydrogen) atoms. The van der Waals surface area contributed by atoms with Crippen LogP contribution in [0.1, 0.15) is 0 Å². The number of rotatable bonds is 4. The molecular formula is C44H28N2. The first-order valence-corrected chi connectivity index (χ1v) is 15.7. The van der Waals surface area contributed by atoms with E-state index in [0.29, 0.717) is 0 Å². The summed E-state index contributed by atoms with van der Waals surface area (Å²) in [5.74, 6) is 0. The number of benzene rings is 7. The van der Waals surface area contributed by atoms with Gasteiger partial charge >= 0.3 is 0 Å². The SMILES string of the molecule is c1ccc(-c2cc(-c3ccc(-c4ccc(-c5cncc6ccccc56)c5ccccc45)cc3)c3c(ccc4ccccc43)n2)cc1. The Labute approximate surface area is 267 Å². The van der Waals surface area contributed by atoms with E-state index in [0.717, 1.165) is 27.7 Å². The molecule has 0 N–H and O–H groups in total. The molecule has 2 heteroatoms. The third kappa shape index (κ3) is 4.35. The average Bonchev–Trinajstić information content (AvgIpc) is 3.14. The summed E-state index contributed by atoms with van der Waals surface area (Å²) < 4.78 is 0. The van der Waals surface area contributed by atoms with Gasteiger partial charge in [0.1, 0.15) is 0 Å². The number of pyridine rings is 2. The summed E-state index contributed by atoms with van der Waals surface area (Å²) in [4.78, 5) is 9.71. The van der Waals surface area contributed by atoms with Crippen LogP contribution in [0.15, 0.2) is 170 Å². The van der Waals surface area contributed by atoms with Crippen LogP contribution in [0, 0.1) is 0 Å².